The monoisotopic (exact) mass is 451 g/mol. The Bertz CT molecular complexity index is 1420. The van der Waals surface area contributed by atoms with Crippen molar-refractivity contribution in [1.82, 2.24) is 19.6 Å². The van der Waals surface area contributed by atoms with Gasteiger partial charge in [0, 0.05) is 28.6 Å². The molecule has 1 aromatic carbocycles. The zero-order chi connectivity index (χ0) is 22.2. The van der Waals surface area contributed by atoms with Gasteiger partial charge in [0.2, 0.25) is 0 Å². The van der Waals surface area contributed by atoms with Crippen LogP contribution in [0.5, 0.6) is 17.5 Å². The predicted octanol–water partition coefficient (Wildman–Crippen LogP) is 3.25. The summed E-state index contributed by atoms with van der Waals surface area (Å²) in [6, 6.07) is 8.79. The van der Waals surface area contributed by atoms with Crippen molar-refractivity contribution in [3.8, 4) is 17.5 Å². The number of H-pyrrole nitrogens is 1. The summed E-state index contributed by atoms with van der Waals surface area (Å²) in [7, 11) is 1.56. The molecule has 0 amide bonds. The summed E-state index contributed by atoms with van der Waals surface area (Å²) in [5.41, 5.74) is 3.12. The first kappa shape index (κ1) is 20.4. The third-order valence-corrected chi connectivity index (χ3v) is 5.97. The Kier molecular flexibility index (Phi) is 5.22. The number of rotatable bonds is 6. The first-order chi connectivity index (χ1) is 15.5. The zero-order valence-corrected chi connectivity index (χ0v) is 18.2. The van der Waals surface area contributed by atoms with Crippen LogP contribution in [0.3, 0.4) is 0 Å². The van der Waals surface area contributed by atoms with E-state index in [0.29, 0.717) is 38.4 Å². The van der Waals surface area contributed by atoms with E-state index < -0.39 is 0 Å². The Hall–Kier alpha value is -3.52. The number of aromatic amines is 1. The van der Waals surface area contributed by atoms with E-state index >= 15 is 0 Å². The smallest absolute Gasteiger partial charge is 0.198 e. The largest absolute Gasteiger partial charge is 0.495 e. The number of nitrogens with one attached hydrogen (secondary N) is 1. The molecule has 1 aliphatic rings. The van der Waals surface area contributed by atoms with Gasteiger partial charge < -0.3 is 14.9 Å². The second-order valence-electron chi connectivity index (χ2n) is 7.93. The van der Waals surface area contributed by atoms with E-state index in [4.69, 9.17) is 21.3 Å². The van der Waals surface area contributed by atoms with E-state index in [1.165, 1.54) is 18.9 Å². The van der Waals surface area contributed by atoms with Crippen molar-refractivity contribution >= 4 is 29.0 Å². The maximum Gasteiger partial charge on any atom is 0.198 e. The number of halogens is 1. The number of hydrogen-bond donors (Lipinski definition) is 3. The molecule has 0 atom stereocenters. The van der Waals surface area contributed by atoms with Gasteiger partial charge in [0.1, 0.15) is 10.8 Å². The quantitative estimate of drug-likeness (QED) is 0.417. The molecule has 3 heterocycles. The van der Waals surface area contributed by atoms with Crippen molar-refractivity contribution in [2.24, 2.45) is 10.9 Å². The van der Waals surface area contributed by atoms with Crippen LogP contribution in [0.4, 0.5) is 5.69 Å². The molecule has 3 N–H and O–H groups in total. The minimum absolute atomic E-state index is 0.119. The fourth-order valence-corrected chi connectivity index (χ4v) is 3.96. The molecule has 164 valence electrons. The highest BCUT2D eigenvalue weighted by molar-refractivity contribution is 6.34. The molecule has 4 aromatic rings. The van der Waals surface area contributed by atoms with Gasteiger partial charge in [-0.25, -0.2) is 14.5 Å². The minimum atomic E-state index is -0.125. The molecule has 0 spiro atoms. The topological polar surface area (TPSA) is 108 Å². The molecular weight excluding hydrogens is 430 g/mol. The molecule has 0 bridgehead atoms. The predicted molar refractivity (Wildman–Crippen MR) is 120 cm³/mol. The molecule has 1 saturated carbocycles. The Morgan fingerprint density at radius 2 is 2.16 bits per heavy atom. The average Bonchev–Trinajstić information content (AvgIpc) is 3.44. The first-order valence-electron chi connectivity index (χ1n) is 10.4. The molecule has 0 saturated heterocycles. The highest BCUT2D eigenvalue weighted by Crippen LogP contribution is 2.34. The number of aryl methyl sites for hydroxylation is 1. The van der Waals surface area contributed by atoms with Crippen LogP contribution >= 0.6 is 11.6 Å². The Morgan fingerprint density at radius 1 is 1.31 bits per heavy atom. The second kappa shape index (κ2) is 8.20. The van der Waals surface area contributed by atoms with Gasteiger partial charge in [-0.15, -0.1) is 0 Å². The number of aromatic hydroxyl groups is 2. The Labute approximate surface area is 188 Å². The minimum Gasteiger partial charge on any atom is -0.495 e. The molecular formula is C23H22ClN5O3. The molecule has 32 heavy (non-hydrogen) atoms. The van der Waals surface area contributed by atoms with Crippen LogP contribution in [-0.2, 0) is 6.42 Å². The van der Waals surface area contributed by atoms with Gasteiger partial charge in [-0.2, -0.15) is 5.10 Å². The molecule has 3 aromatic heterocycles. The molecule has 1 fully saturated rings. The van der Waals surface area contributed by atoms with Crippen molar-refractivity contribution in [3.05, 3.63) is 63.5 Å². The van der Waals surface area contributed by atoms with E-state index in [2.05, 4.69) is 15.1 Å². The van der Waals surface area contributed by atoms with Gasteiger partial charge in [0.15, 0.2) is 22.9 Å². The van der Waals surface area contributed by atoms with Crippen LogP contribution in [-0.4, -0.2) is 36.9 Å². The van der Waals surface area contributed by atoms with Crippen molar-refractivity contribution in [2.45, 2.75) is 25.7 Å². The third kappa shape index (κ3) is 4.01. The highest BCUT2D eigenvalue weighted by atomic mass is 35.5. The molecule has 1 aliphatic carbocycles. The van der Waals surface area contributed by atoms with Crippen molar-refractivity contribution in [1.29, 1.82) is 0 Å². The number of benzene rings is 1. The van der Waals surface area contributed by atoms with Gasteiger partial charge in [-0.05, 0) is 37.0 Å². The van der Waals surface area contributed by atoms with Gasteiger partial charge in [0.25, 0.3) is 0 Å². The Morgan fingerprint density at radius 3 is 2.88 bits per heavy atom. The molecule has 8 nitrogen and oxygen atoms in total. The fraction of sp³-hybridized carbons (Fsp3) is 0.261. The summed E-state index contributed by atoms with van der Waals surface area (Å²) in [4.78, 5) is 11.9. The molecule has 0 radical (unpaired) electrons. The van der Waals surface area contributed by atoms with Crippen LogP contribution in [0, 0.1) is 5.92 Å². The van der Waals surface area contributed by atoms with E-state index in [0.717, 1.165) is 24.5 Å². The van der Waals surface area contributed by atoms with Gasteiger partial charge in [-0.3, -0.25) is 4.98 Å². The number of methoxy groups -OCH3 is 1. The van der Waals surface area contributed by atoms with Gasteiger partial charge in [0.05, 0.1) is 19.0 Å². The summed E-state index contributed by atoms with van der Waals surface area (Å²) < 4.78 is 7.11. The van der Waals surface area contributed by atoms with E-state index in [9.17, 15) is 10.2 Å². The number of hydrogen-bond acceptors (Lipinski definition) is 6. The highest BCUT2D eigenvalue weighted by Gasteiger charge is 2.21. The lowest BCUT2D eigenvalue weighted by molar-refractivity contribution is 0.415. The maximum absolute atomic E-state index is 10.00. The molecule has 9 heteroatoms. The number of ether oxygens (including phenoxy) is 1. The first-order valence-corrected chi connectivity index (χ1v) is 10.8. The molecule has 0 unspecified atom stereocenters. The lowest BCUT2D eigenvalue weighted by Crippen LogP contribution is -2.17. The molecule has 5 rings (SSSR count). The van der Waals surface area contributed by atoms with Crippen LogP contribution in [0.25, 0.3) is 11.7 Å². The number of aromatic nitrogens is 4. The van der Waals surface area contributed by atoms with Crippen molar-refractivity contribution < 1.29 is 14.9 Å². The summed E-state index contributed by atoms with van der Waals surface area (Å²) in [5, 5.41) is 25.3. The second-order valence-corrected chi connectivity index (χ2v) is 8.31. The summed E-state index contributed by atoms with van der Waals surface area (Å²) in [6.07, 6.45) is 7.90. The zero-order valence-electron chi connectivity index (χ0n) is 17.4. The van der Waals surface area contributed by atoms with Crippen LogP contribution in [0.2, 0.25) is 5.02 Å². The van der Waals surface area contributed by atoms with Crippen molar-refractivity contribution in [2.75, 3.05) is 7.11 Å². The fourth-order valence-electron chi connectivity index (χ4n) is 3.71. The Balaban J connectivity index is 1.68. The van der Waals surface area contributed by atoms with Crippen LogP contribution in [0.1, 0.15) is 30.5 Å². The number of nitrogens with zero attached hydrogens (tertiary/aromatic N) is 4. The third-order valence-electron chi connectivity index (χ3n) is 5.59. The molecule has 0 aliphatic heterocycles. The normalized spacial score (nSPS) is 15.1. The summed E-state index contributed by atoms with van der Waals surface area (Å²) in [6.45, 7) is 0. The summed E-state index contributed by atoms with van der Waals surface area (Å²) >= 11 is 6.44. The van der Waals surface area contributed by atoms with E-state index in [-0.39, 0.29) is 11.8 Å². The number of fused-ring (bicyclic) bond motifs is 1. The van der Waals surface area contributed by atoms with Crippen LogP contribution < -0.4 is 15.4 Å². The SMILES string of the molecule is COc1cccc(N=c2cc(CCC3CC3)n3ncc(=Cc4cc(O)[nH]c4O)c3n2)c1Cl. The van der Waals surface area contributed by atoms with Gasteiger partial charge in [-0.1, -0.05) is 30.5 Å². The average molecular weight is 452 g/mol. The van der Waals surface area contributed by atoms with Gasteiger partial charge >= 0.3 is 0 Å². The lowest BCUT2D eigenvalue weighted by Gasteiger charge is -2.06. The van der Waals surface area contributed by atoms with Crippen LogP contribution in [0.15, 0.2) is 41.5 Å². The summed E-state index contributed by atoms with van der Waals surface area (Å²) in [5.74, 6) is 1.07. The van der Waals surface area contributed by atoms with E-state index in [1.807, 2.05) is 22.7 Å². The maximum atomic E-state index is 10.00. The van der Waals surface area contributed by atoms with Crippen molar-refractivity contribution in [3.63, 3.8) is 0 Å². The van der Waals surface area contributed by atoms with E-state index in [1.54, 1.807) is 25.4 Å². The lowest BCUT2D eigenvalue weighted by atomic mass is 10.1. The standard InChI is InChI=1S/C23H22ClN5O3/c1-32-18-4-2-3-17(21(18)24)26-19-11-16(8-7-13-5-6-13)29-22(27-19)15(12-25-29)9-14-10-20(30)28-23(14)31/h2-4,9-13,28,30-31H,5-8H2,1H3.